The first-order valence-electron chi connectivity index (χ1n) is 5.83. The molecule has 1 amide bonds. The Labute approximate surface area is 104 Å². The van der Waals surface area contributed by atoms with Crippen molar-refractivity contribution in [2.75, 3.05) is 7.05 Å². The molecule has 3 nitrogen and oxygen atoms in total. The largest absolute Gasteiger partial charge is 0.284 e. The van der Waals surface area contributed by atoms with Crippen LogP contribution in [0.5, 0.6) is 0 Å². The molecular weight excluding hydrogens is 212 g/mol. The number of nitrogens with zero attached hydrogens (tertiary/aromatic N) is 1. The Balaban J connectivity index is 2.95. The van der Waals surface area contributed by atoms with Gasteiger partial charge in [-0.1, -0.05) is 39.0 Å². The molecule has 0 radical (unpaired) electrons. The van der Waals surface area contributed by atoms with Crippen molar-refractivity contribution in [2.24, 2.45) is 5.84 Å². The molecular formula is C14H22N2O. The molecule has 0 saturated carbocycles. The van der Waals surface area contributed by atoms with Crippen LogP contribution in [0.2, 0.25) is 0 Å². The van der Waals surface area contributed by atoms with Gasteiger partial charge in [-0.3, -0.25) is 9.80 Å². The van der Waals surface area contributed by atoms with Crippen molar-refractivity contribution >= 4 is 5.91 Å². The molecule has 2 N–H and O–H groups in total. The van der Waals surface area contributed by atoms with Crippen molar-refractivity contribution in [2.45, 2.75) is 39.5 Å². The van der Waals surface area contributed by atoms with Gasteiger partial charge in [-0.05, 0) is 29.0 Å². The van der Waals surface area contributed by atoms with Crippen LogP contribution < -0.4 is 5.84 Å². The quantitative estimate of drug-likeness (QED) is 0.484. The fourth-order valence-electron chi connectivity index (χ4n) is 1.65. The molecule has 1 aromatic rings. The van der Waals surface area contributed by atoms with Gasteiger partial charge in [0, 0.05) is 7.05 Å². The van der Waals surface area contributed by atoms with Crippen molar-refractivity contribution in [3.8, 4) is 0 Å². The van der Waals surface area contributed by atoms with Crippen LogP contribution in [0.3, 0.4) is 0 Å². The average Bonchev–Trinajstić information content (AvgIpc) is 2.19. The highest BCUT2D eigenvalue weighted by Crippen LogP contribution is 2.24. The summed E-state index contributed by atoms with van der Waals surface area (Å²) in [6.07, 6.45) is 0.364. The second kappa shape index (κ2) is 4.88. The van der Waals surface area contributed by atoms with Crippen molar-refractivity contribution in [3.63, 3.8) is 0 Å². The number of nitrogens with two attached hydrogens (primary N) is 1. The summed E-state index contributed by atoms with van der Waals surface area (Å²) >= 11 is 0. The van der Waals surface area contributed by atoms with Crippen molar-refractivity contribution in [1.29, 1.82) is 0 Å². The van der Waals surface area contributed by atoms with Crippen LogP contribution >= 0.6 is 0 Å². The Bertz CT molecular complexity index is 417. The lowest BCUT2D eigenvalue weighted by Crippen LogP contribution is -2.34. The van der Waals surface area contributed by atoms with E-state index >= 15 is 0 Å². The fourth-order valence-corrected chi connectivity index (χ4v) is 1.65. The second-order valence-electron chi connectivity index (χ2n) is 5.57. The Hall–Kier alpha value is -1.35. The lowest BCUT2D eigenvalue weighted by Gasteiger charge is -2.20. The van der Waals surface area contributed by atoms with Crippen LogP contribution in [-0.4, -0.2) is 18.0 Å². The van der Waals surface area contributed by atoms with Crippen LogP contribution in [0.15, 0.2) is 18.2 Å². The maximum atomic E-state index is 11.5. The van der Waals surface area contributed by atoms with E-state index in [4.69, 9.17) is 5.84 Å². The maximum absolute atomic E-state index is 11.5. The van der Waals surface area contributed by atoms with Gasteiger partial charge in [0.1, 0.15) is 0 Å². The summed E-state index contributed by atoms with van der Waals surface area (Å²) in [5.74, 6) is 5.34. The van der Waals surface area contributed by atoms with Crippen molar-refractivity contribution in [1.82, 2.24) is 5.01 Å². The first kappa shape index (κ1) is 13.7. The third-order valence-corrected chi connectivity index (χ3v) is 2.94. The first-order chi connectivity index (χ1) is 7.71. The summed E-state index contributed by atoms with van der Waals surface area (Å²) in [6, 6.07) is 6.27. The zero-order chi connectivity index (χ0) is 13.2. The Morgan fingerprint density at radius 2 is 1.94 bits per heavy atom. The predicted octanol–water partition coefficient (Wildman–Crippen LogP) is 2.17. The van der Waals surface area contributed by atoms with E-state index < -0.39 is 0 Å². The highest BCUT2D eigenvalue weighted by molar-refractivity contribution is 5.78. The van der Waals surface area contributed by atoms with E-state index in [0.717, 1.165) is 16.1 Å². The number of rotatable bonds is 2. The van der Waals surface area contributed by atoms with E-state index in [0.29, 0.717) is 6.42 Å². The minimum atomic E-state index is -0.0726. The number of aryl methyl sites for hydroxylation is 1. The molecule has 94 valence electrons. The molecule has 0 spiro atoms. The lowest BCUT2D eigenvalue weighted by atomic mass is 9.85. The van der Waals surface area contributed by atoms with Crippen LogP contribution in [-0.2, 0) is 16.6 Å². The Kier molecular flexibility index (Phi) is 3.94. The third-order valence-electron chi connectivity index (χ3n) is 2.94. The van der Waals surface area contributed by atoms with Gasteiger partial charge in [-0.2, -0.15) is 0 Å². The maximum Gasteiger partial charge on any atom is 0.240 e. The zero-order valence-electron chi connectivity index (χ0n) is 11.4. The molecule has 3 heteroatoms. The highest BCUT2D eigenvalue weighted by atomic mass is 16.2. The topological polar surface area (TPSA) is 46.3 Å². The van der Waals surface area contributed by atoms with E-state index in [9.17, 15) is 4.79 Å². The van der Waals surface area contributed by atoms with Crippen LogP contribution in [0.1, 0.15) is 37.5 Å². The average molecular weight is 234 g/mol. The molecule has 0 aliphatic carbocycles. The monoisotopic (exact) mass is 234 g/mol. The highest BCUT2D eigenvalue weighted by Gasteiger charge is 2.15. The summed E-state index contributed by atoms with van der Waals surface area (Å²) in [7, 11) is 1.57. The summed E-state index contributed by atoms with van der Waals surface area (Å²) in [6.45, 7) is 8.58. The van der Waals surface area contributed by atoms with E-state index in [1.807, 2.05) is 13.0 Å². The number of hydrogen-bond donors (Lipinski definition) is 1. The smallest absolute Gasteiger partial charge is 0.240 e. The molecule has 0 bridgehead atoms. The fraction of sp³-hybridized carbons (Fsp3) is 0.500. The van der Waals surface area contributed by atoms with E-state index in [-0.39, 0.29) is 11.3 Å². The molecule has 0 aromatic heterocycles. The molecule has 0 unspecified atom stereocenters. The first-order valence-corrected chi connectivity index (χ1v) is 5.83. The number of carbonyl (C=O) groups excluding carboxylic acids is 1. The zero-order valence-corrected chi connectivity index (χ0v) is 11.4. The van der Waals surface area contributed by atoms with Gasteiger partial charge in [0.25, 0.3) is 0 Å². The molecule has 0 saturated heterocycles. The van der Waals surface area contributed by atoms with E-state index in [2.05, 4.69) is 32.9 Å². The number of likely N-dealkylation sites (N-methyl/N-ethyl adjacent to an activating group) is 1. The standard InChI is InChI=1S/C14H22N2O/c1-10-8-12(14(2,3)4)7-6-11(10)9-13(17)16(5)15/h6-8H,9,15H2,1-5H3. The van der Waals surface area contributed by atoms with Gasteiger partial charge in [0.15, 0.2) is 0 Å². The van der Waals surface area contributed by atoms with Crippen LogP contribution in [0.25, 0.3) is 0 Å². The molecule has 0 aliphatic rings. The number of hydrazine groups is 1. The van der Waals surface area contributed by atoms with E-state index in [1.165, 1.54) is 5.56 Å². The van der Waals surface area contributed by atoms with Gasteiger partial charge in [0.2, 0.25) is 5.91 Å². The number of carbonyl (C=O) groups is 1. The summed E-state index contributed by atoms with van der Waals surface area (Å²) in [5, 5.41) is 1.14. The summed E-state index contributed by atoms with van der Waals surface area (Å²) in [4.78, 5) is 11.5. The van der Waals surface area contributed by atoms with Gasteiger partial charge in [-0.15, -0.1) is 0 Å². The molecule has 17 heavy (non-hydrogen) atoms. The Morgan fingerprint density at radius 1 is 1.35 bits per heavy atom. The molecule has 0 heterocycles. The second-order valence-corrected chi connectivity index (χ2v) is 5.57. The lowest BCUT2D eigenvalue weighted by molar-refractivity contribution is -0.129. The van der Waals surface area contributed by atoms with Gasteiger partial charge >= 0.3 is 0 Å². The van der Waals surface area contributed by atoms with Crippen molar-refractivity contribution in [3.05, 3.63) is 34.9 Å². The molecule has 1 rings (SSSR count). The predicted molar refractivity (Wildman–Crippen MR) is 70.5 cm³/mol. The van der Waals surface area contributed by atoms with Gasteiger partial charge in [-0.25, -0.2) is 5.84 Å². The summed E-state index contributed by atoms with van der Waals surface area (Å²) < 4.78 is 0. The van der Waals surface area contributed by atoms with Crippen LogP contribution in [0.4, 0.5) is 0 Å². The minimum Gasteiger partial charge on any atom is -0.284 e. The number of amides is 1. The van der Waals surface area contributed by atoms with Crippen molar-refractivity contribution < 1.29 is 4.79 Å². The molecule has 0 fully saturated rings. The number of benzene rings is 1. The SMILES string of the molecule is Cc1cc(C(C)(C)C)ccc1CC(=O)N(C)N. The van der Waals surface area contributed by atoms with Gasteiger partial charge in [0.05, 0.1) is 6.42 Å². The summed E-state index contributed by atoms with van der Waals surface area (Å²) in [5.41, 5.74) is 3.61. The van der Waals surface area contributed by atoms with E-state index in [1.54, 1.807) is 7.05 Å². The third kappa shape index (κ3) is 3.56. The van der Waals surface area contributed by atoms with Crippen LogP contribution in [0, 0.1) is 6.92 Å². The van der Waals surface area contributed by atoms with Gasteiger partial charge < -0.3 is 0 Å². The normalized spacial score (nSPS) is 11.4. The number of hydrogen-bond acceptors (Lipinski definition) is 2. The molecule has 0 atom stereocenters. The molecule has 1 aromatic carbocycles. The Morgan fingerprint density at radius 3 is 2.35 bits per heavy atom. The minimum absolute atomic E-state index is 0.0726. The molecule has 0 aliphatic heterocycles.